The molecule has 1 aliphatic rings. The van der Waals surface area contributed by atoms with E-state index in [1.807, 2.05) is 17.0 Å². The third-order valence-corrected chi connectivity index (χ3v) is 3.84. The summed E-state index contributed by atoms with van der Waals surface area (Å²) in [6.45, 7) is 6.44. The van der Waals surface area contributed by atoms with E-state index in [1.54, 1.807) is 0 Å². The number of nitrogens with zero attached hydrogens (tertiary/aromatic N) is 2. The number of halogens is 1. The Morgan fingerprint density at radius 2 is 1.95 bits per heavy atom. The largest absolute Gasteiger partial charge is 0.339 e. The molecule has 1 aliphatic heterocycles. The van der Waals surface area contributed by atoms with E-state index in [2.05, 4.69) is 25.8 Å². The normalized spacial score (nSPS) is 20.4. The molecule has 1 fully saturated rings. The molecule has 0 aliphatic carbocycles. The average molecular weight is 278 g/mol. The monoisotopic (exact) mass is 278 g/mol. The Labute approximate surface area is 120 Å². The first-order valence-electron chi connectivity index (χ1n) is 7.21. The van der Waals surface area contributed by atoms with Crippen LogP contribution in [0.15, 0.2) is 24.3 Å². The molecule has 1 amide bonds. The fourth-order valence-corrected chi connectivity index (χ4v) is 2.62. The van der Waals surface area contributed by atoms with Crippen LogP contribution in [0.4, 0.5) is 4.39 Å². The maximum absolute atomic E-state index is 13.0. The van der Waals surface area contributed by atoms with Gasteiger partial charge in [0.2, 0.25) is 5.91 Å². The van der Waals surface area contributed by atoms with E-state index in [0.29, 0.717) is 18.9 Å². The molecule has 20 heavy (non-hydrogen) atoms. The van der Waals surface area contributed by atoms with Crippen molar-refractivity contribution in [2.75, 3.05) is 26.7 Å². The van der Waals surface area contributed by atoms with E-state index >= 15 is 0 Å². The van der Waals surface area contributed by atoms with Gasteiger partial charge in [0.15, 0.2) is 0 Å². The molecule has 0 bridgehead atoms. The zero-order valence-corrected chi connectivity index (χ0v) is 12.5. The van der Waals surface area contributed by atoms with Crippen LogP contribution in [0.2, 0.25) is 0 Å². The van der Waals surface area contributed by atoms with Gasteiger partial charge < -0.3 is 4.90 Å². The predicted octanol–water partition coefficient (Wildman–Crippen LogP) is 2.69. The molecule has 0 radical (unpaired) electrons. The van der Waals surface area contributed by atoms with Crippen molar-refractivity contribution < 1.29 is 9.18 Å². The summed E-state index contributed by atoms with van der Waals surface area (Å²) in [4.78, 5) is 16.4. The van der Waals surface area contributed by atoms with Crippen LogP contribution in [0.3, 0.4) is 0 Å². The summed E-state index contributed by atoms with van der Waals surface area (Å²) in [5.41, 5.74) is 1.07. The highest BCUT2D eigenvalue weighted by Crippen LogP contribution is 2.25. The lowest BCUT2D eigenvalue weighted by molar-refractivity contribution is -0.134. The van der Waals surface area contributed by atoms with E-state index in [-0.39, 0.29) is 17.8 Å². The Morgan fingerprint density at radius 1 is 1.30 bits per heavy atom. The quantitative estimate of drug-likeness (QED) is 0.848. The highest BCUT2D eigenvalue weighted by molar-refractivity contribution is 5.76. The van der Waals surface area contributed by atoms with E-state index in [4.69, 9.17) is 0 Å². The third kappa shape index (κ3) is 3.57. The predicted molar refractivity (Wildman–Crippen MR) is 77.8 cm³/mol. The van der Waals surface area contributed by atoms with Crippen molar-refractivity contribution in [3.05, 3.63) is 35.6 Å². The Morgan fingerprint density at radius 3 is 2.55 bits per heavy atom. The third-order valence-electron chi connectivity index (χ3n) is 3.84. The number of carbonyl (C=O) groups excluding carboxylic acids is 1. The fraction of sp³-hybridized carbons (Fsp3) is 0.562. The van der Waals surface area contributed by atoms with Gasteiger partial charge in [0.1, 0.15) is 5.82 Å². The number of hydrogen-bond donors (Lipinski definition) is 0. The number of hydrogen-bond acceptors (Lipinski definition) is 2. The summed E-state index contributed by atoms with van der Waals surface area (Å²) >= 11 is 0. The second-order valence-electron chi connectivity index (χ2n) is 5.99. The van der Waals surface area contributed by atoms with Crippen LogP contribution in [-0.4, -0.2) is 42.4 Å². The molecule has 0 N–H and O–H groups in total. The van der Waals surface area contributed by atoms with Gasteiger partial charge in [-0.2, -0.15) is 0 Å². The maximum atomic E-state index is 13.0. The van der Waals surface area contributed by atoms with Crippen molar-refractivity contribution in [1.29, 1.82) is 0 Å². The van der Waals surface area contributed by atoms with E-state index in [0.717, 1.165) is 18.7 Å². The van der Waals surface area contributed by atoms with Crippen LogP contribution in [0, 0.1) is 11.7 Å². The van der Waals surface area contributed by atoms with E-state index in [9.17, 15) is 9.18 Å². The van der Waals surface area contributed by atoms with Gasteiger partial charge in [-0.15, -0.1) is 0 Å². The smallest absolute Gasteiger partial charge is 0.222 e. The minimum Gasteiger partial charge on any atom is -0.339 e. The molecule has 0 aromatic heterocycles. The molecule has 3 nitrogen and oxygen atoms in total. The summed E-state index contributed by atoms with van der Waals surface area (Å²) in [7, 11) is 2.05. The first-order chi connectivity index (χ1) is 9.47. The van der Waals surface area contributed by atoms with Crippen molar-refractivity contribution in [2.45, 2.75) is 26.3 Å². The van der Waals surface area contributed by atoms with Gasteiger partial charge in [0, 0.05) is 26.1 Å². The number of piperazine rings is 1. The zero-order chi connectivity index (χ0) is 14.7. The van der Waals surface area contributed by atoms with E-state index in [1.165, 1.54) is 12.1 Å². The average Bonchev–Trinajstić information content (AvgIpc) is 2.39. The van der Waals surface area contributed by atoms with Crippen LogP contribution < -0.4 is 0 Å². The molecule has 1 saturated heterocycles. The lowest BCUT2D eigenvalue weighted by Gasteiger charge is -2.40. The summed E-state index contributed by atoms with van der Waals surface area (Å²) in [5.74, 6) is 0.381. The molecule has 110 valence electrons. The fourth-order valence-electron chi connectivity index (χ4n) is 2.62. The Balaban J connectivity index is 2.08. The van der Waals surface area contributed by atoms with Crippen LogP contribution in [-0.2, 0) is 4.79 Å². The van der Waals surface area contributed by atoms with Gasteiger partial charge in [0.25, 0.3) is 0 Å². The standard InChI is InChI=1S/C16H23FN2O/c1-12(2)10-16(20)19-9-8-18(3)15(11-19)13-4-6-14(17)7-5-13/h4-7,12,15H,8-11H2,1-3H3. The van der Waals surface area contributed by atoms with Gasteiger partial charge in [-0.05, 0) is 30.7 Å². The molecular weight excluding hydrogens is 255 g/mol. The molecule has 1 atom stereocenters. The Kier molecular flexibility index (Phi) is 4.76. The van der Waals surface area contributed by atoms with E-state index < -0.39 is 0 Å². The summed E-state index contributed by atoms with van der Waals surface area (Å²) < 4.78 is 13.0. The van der Waals surface area contributed by atoms with Crippen LogP contribution in [0.1, 0.15) is 31.9 Å². The molecule has 0 saturated carbocycles. The molecular formula is C16H23FN2O. The molecule has 1 heterocycles. The number of likely N-dealkylation sites (N-methyl/N-ethyl adjacent to an activating group) is 1. The summed E-state index contributed by atoms with van der Waals surface area (Å²) in [6, 6.07) is 6.75. The summed E-state index contributed by atoms with van der Waals surface area (Å²) in [6.07, 6.45) is 0.597. The van der Waals surface area contributed by atoms with Gasteiger partial charge in [-0.25, -0.2) is 4.39 Å². The first kappa shape index (κ1) is 15.0. The maximum Gasteiger partial charge on any atom is 0.222 e. The topological polar surface area (TPSA) is 23.6 Å². The lowest BCUT2D eigenvalue weighted by Crippen LogP contribution is -2.49. The van der Waals surface area contributed by atoms with Crippen LogP contribution >= 0.6 is 0 Å². The first-order valence-corrected chi connectivity index (χ1v) is 7.21. The SMILES string of the molecule is CC(C)CC(=O)N1CCN(C)C(c2ccc(F)cc2)C1. The molecule has 1 unspecified atom stereocenters. The number of carbonyl (C=O) groups is 1. The number of rotatable bonds is 3. The van der Waals surface area contributed by atoms with Crippen molar-refractivity contribution in [3.63, 3.8) is 0 Å². The van der Waals surface area contributed by atoms with Gasteiger partial charge in [0.05, 0.1) is 6.04 Å². The second kappa shape index (κ2) is 6.35. The number of amides is 1. The second-order valence-corrected chi connectivity index (χ2v) is 5.99. The van der Waals surface area contributed by atoms with Crippen molar-refractivity contribution >= 4 is 5.91 Å². The Bertz CT molecular complexity index is 458. The highest BCUT2D eigenvalue weighted by atomic mass is 19.1. The minimum absolute atomic E-state index is 0.153. The number of benzene rings is 1. The molecule has 1 aromatic rings. The molecule has 4 heteroatoms. The summed E-state index contributed by atoms with van der Waals surface area (Å²) in [5, 5.41) is 0. The highest BCUT2D eigenvalue weighted by Gasteiger charge is 2.28. The minimum atomic E-state index is -0.222. The molecule has 2 rings (SSSR count). The van der Waals surface area contributed by atoms with Crippen LogP contribution in [0.5, 0.6) is 0 Å². The van der Waals surface area contributed by atoms with Gasteiger partial charge >= 0.3 is 0 Å². The van der Waals surface area contributed by atoms with Gasteiger partial charge in [-0.1, -0.05) is 26.0 Å². The molecule has 1 aromatic carbocycles. The van der Waals surface area contributed by atoms with Gasteiger partial charge in [-0.3, -0.25) is 9.69 Å². The Hall–Kier alpha value is -1.42. The van der Waals surface area contributed by atoms with Crippen molar-refractivity contribution in [3.8, 4) is 0 Å². The van der Waals surface area contributed by atoms with Crippen molar-refractivity contribution in [1.82, 2.24) is 9.80 Å². The lowest BCUT2D eigenvalue weighted by atomic mass is 10.0. The zero-order valence-electron chi connectivity index (χ0n) is 12.5. The van der Waals surface area contributed by atoms with Crippen LogP contribution in [0.25, 0.3) is 0 Å². The molecule has 0 spiro atoms. The van der Waals surface area contributed by atoms with Crippen molar-refractivity contribution in [2.24, 2.45) is 5.92 Å².